The summed E-state index contributed by atoms with van der Waals surface area (Å²) in [6, 6.07) is 21.6. The van der Waals surface area contributed by atoms with Gasteiger partial charge >= 0.3 is 0 Å². The van der Waals surface area contributed by atoms with Crippen LogP contribution in [0.15, 0.2) is 60.7 Å². The molecular weight excluding hydrogens is 336 g/mol. The first kappa shape index (κ1) is 17.7. The molecule has 3 atom stereocenters. The lowest BCUT2D eigenvalue weighted by Crippen LogP contribution is -2.68. The number of benzene rings is 2. The van der Waals surface area contributed by atoms with Crippen molar-refractivity contribution >= 4 is 24.5 Å². The van der Waals surface area contributed by atoms with Gasteiger partial charge in [0.15, 0.2) is 0 Å². The molecule has 0 heterocycles. The van der Waals surface area contributed by atoms with Crippen molar-refractivity contribution < 1.29 is 9.22 Å². The Hall–Kier alpha value is -1.71. The van der Waals surface area contributed by atoms with E-state index in [1.165, 1.54) is 10.4 Å². The third kappa shape index (κ3) is 2.78. The summed E-state index contributed by atoms with van der Waals surface area (Å²) in [5.74, 6) is 1.11. The van der Waals surface area contributed by atoms with Crippen molar-refractivity contribution in [3.8, 4) is 0 Å². The van der Waals surface area contributed by atoms with Crippen molar-refractivity contribution in [2.75, 3.05) is 0 Å². The number of carbonyl (C=O) groups excluding carboxylic acids is 1. The summed E-state index contributed by atoms with van der Waals surface area (Å²) in [5, 5.41) is 2.65. The Morgan fingerprint density at radius 2 is 1.42 bits per heavy atom. The lowest BCUT2D eigenvalue weighted by atomic mass is 9.97. The van der Waals surface area contributed by atoms with E-state index < -0.39 is 8.32 Å². The van der Waals surface area contributed by atoms with Crippen LogP contribution in [0.5, 0.6) is 0 Å². The summed E-state index contributed by atoms with van der Waals surface area (Å²) in [4.78, 5) is 12.0. The van der Waals surface area contributed by atoms with Gasteiger partial charge in [0.05, 0.1) is 0 Å². The van der Waals surface area contributed by atoms with Gasteiger partial charge in [-0.15, -0.1) is 0 Å². The van der Waals surface area contributed by atoms with E-state index in [4.69, 9.17) is 4.43 Å². The summed E-state index contributed by atoms with van der Waals surface area (Å²) < 4.78 is 7.20. The van der Waals surface area contributed by atoms with Crippen LogP contribution in [0.3, 0.4) is 0 Å². The fraction of sp³-hybridized carbons (Fsp3) is 0.435. The average molecular weight is 365 g/mol. The van der Waals surface area contributed by atoms with Gasteiger partial charge in [0.25, 0.3) is 8.32 Å². The fourth-order valence-corrected chi connectivity index (χ4v) is 9.81. The highest BCUT2D eigenvalue weighted by atomic mass is 28.4. The van der Waals surface area contributed by atoms with Gasteiger partial charge in [0.1, 0.15) is 5.78 Å². The Bertz CT molecular complexity index is 739. The predicted molar refractivity (Wildman–Crippen MR) is 108 cm³/mol. The summed E-state index contributed by atoms with van der Waals surface area (Å²) in [7, 11) is -2.49. The molecule has 2 nitrogen and oxygen atoms in total. The van der Waals surface area contributed by atoms with Crippen molar-refractivity contribution in [2.24, 2.45) is 11.8 Å². The maximum absolute atomic E-state index is 12.0. The zero-order valence-corrected chi connectivity index (χ0v) is 16.9. The third-order valence-corrected chi connectivity index (χ3v) is 11.4. The molecule has 4 rings (SSSR count). The van der Waals surface area contributed by atoms with Crippen LogP contribution in [0.1, 0.15) is 40.0 Å². The van der Waals surface area contributed by atoms with Gasteiger partial charge < -0.3 is 4.43 Å². The van der Waals surface area contributed by atoms with Gasteiger partial charge in [-0.2, -0.15) is 0 Å². The van der Waals surface area contributed by atoms with Crippen LogP contribution in [0.4, 0.5) is 0 Å². The fourth-order valence-electron chi connectivity index (χ4n) is 5.05. The second kappa shape index (κ2) is 6.47. The normalized spacial score (nSPS) is 25.7. The lowest BCUT2D eigenvalue weighted by Gasteiger charge is -2.46. The smallest absolute Gasteiger partial charge is 0.261 e. The number of hydrogen-bond acceptors (Lipinski definition) is 2. The maximum atomic E-state index is 12.0. The molecular formula is C23H28O2Si. The van der Waals surface area contributed by atoms with E-state index in [2.05, 4.69) is 81.4 Å². The molecule has 3 heteroatoms. The molecule has 0 unspecified atom stereocenters. The zero-order chi connectivity index (χ0) is 18.4. The molecule has 0 aromatic heterocycles. The SMILES string of the molecule is CC(C)(C)[Si](O[C@H]1C[C@H]2C[C@@H]1CC2=O)(c1ccccc1)c1ccccc1. The Balaban J connectivity index is 1.82. The quantitative estimate of drug-likeness (QED) is 0.769. The number of ketones is 1. The van der Waals surface area contributed by atoms with E-state index in [1.807, 2.05) is 0 Å². The Labute approximate surface area is 157 Å². The van der Waals surface area contributed by atoms with Gasteiger partial charge in [0.2, 0.25) is 0 Å². The Morgan fingerprint density at radius 3 is 1.81 bits per heavy atom. The van der Waals surface area contributed by atoms with Crippen LogP contribution in [0.25, 0.3) is 0 Å². The van der Waals surface area contributed by atoms with Gasteiger partial charge in [0, 0.05) is 18.4 Å². The first-order valence-electron chi connectivity index (χ1n) is 9.73. The number of hydrogen-bond donors (Lipinski definition) is 0. The minimum atomic E-state index is -2.49. The molecule has 2 fully saturated rings. The van der Waals surface area contributed by atoms with Crippen LogP contribution >= 0.6 is 0 Å². The molecule has 0 aliphatic heterocycles. The minimum Gasteiger partial charge on any atom is -0.404 e. The van der Waals surface area contributed by atoms with E-state index >= 15 is 0 Å². The molecule has 0 saturated heterocycles. The minimum absolute atomic E-state index is 0.00154. The maximum Gasteiger partial charge on any atom is 0.261 e. The van der Waals surface area contributed by atoms with Gasteiger partial charge in [-0.05, 0) is 34.2 Å². The molecule has 2 aromatic carbocycles. The molecule has 2 aliphatic rings. The second-order valence-electron chi connectivity index (χ2n) is 8.92. The highest BCUT2D eigenvalue weighted by Gasteiger charge is 2.55. The van der Waals surface area contributed by atoms with Crippen LogP contribution in [0, 0.1) is 11.8 Å². The number of rotatable bonds is 4. The van der Waals surface area contributed by atoms with Gasteiger partial charge in [-0.1, -0.05) is 81.4 Å². The van der Waals surface area contributed by atoms with E-state index in [0.717, 1.165) is 12.8 Å². The first-order chi connectivity index (χ1) is 12.4. The van der Waals surface area contributed by atoms with E-state index in [0.29, 0.717) is 18.1 Å². The number of fused-ring (bicyclic) bond motifs is 2. The summed E-state index contributed by atoms with van der Waals surface area (Å²) >= 11 is 0. The molecule has 2 aliphatic carbocycles. The van der Waals surface area contributed by atoms with Crippen molar-refractivity contribution in [2.45, 2.75) is 51.2 Å². The molecule has 2 bridgehead atoms. The van der Waals surface area contributed by atoms with Crippen LogP contribution in [0.2, 0.25) is 5.04 Å². The third-order valence-electron chi connectivity index (χ3n) is 6.29. The van der Waals surface area contributed by atoms with Crippen molar-refractivity contribution in [3.63, 3.8) is 0 Å². The summed E-state index contributed by atoms with van der Waals surface area (Å²) in [6.07, 6.45) is 2.87. The second-order valence-corrected chi connectivity index (χ2v) is 13.2. The number of Topliss-reactive ketones (excluding diaryl/α,β-unsaturated/α-hetero) is 1. The average Bonchev–Trinajstić information content (AvgIpc) is 3.19. The summed E-state index contributed by atoms with van der Waals surface area (Å²) in [5.41, 5.74) is 0. The topological polar surface area (TPSA) is 26.3 Å². The molecule has 0 radical (unpaired) electrons. The molecule has 2 aromatic rings. The molecule has 136 valence electrons. The first-order valence-corrected chi connectivity index (χ1v) is 11.6. The van der Waals surface area contributed by atoms with Gasteiger partial charge in [-0.25, -0.2) is 0 Å². The largest absolute Gasteiger partial charge is 0.404 e. The number of carbonyl (C=O) groups is 1. The van der Waals surface area contributed by atoms with E-state index in [-0.39, 0.29) is 17.1 Å². The molecule has 0 spiro atoms. The molecule has 0 amide bonds. The Kier molecular flexibility index (Phi) is 4.40. The highest BCUT2D eigenvalue weighted by molar-refractivity contribution is 6.99. The monoisotopic (exact) mass is 364 g/mol. The molecule has 0 N–H and O–H groups in total. The highest BCUT2D eigenvalue weighted by Crippen LogP contribution is 2.47. The van der Waals surface area contributed by atoms with Crippen molar-refractivity contribution in [3.05, 3.63) is 60.7 Å². The van der Waals surface area contributed by atoms with Crippen LogP contribution in [-0.2, 0) is 9.22 Å². The van der Waals surface area contributed by atoms with Crippen molar-refractivity contribution in [1.82, 2.24) is 0 Å². The summed E-state index contributed by atoms with van der Waals surface area (Å²) in [6.45, 7) is 6.95. The Morgan fingerprint density at radius 1 is 0.885 bits per heavy atom. The predicted octanol–water partition coefficient (Wildman–Crippen LogP) is 3.93. The van der Waals surface area contributed by atoms with Crippen LogP contribution < -0.4 is 10.4 Å². The van der Waals surface area contributed by atoms with Gasteiger partial charge in [-0.3, -0.25) is 4.79 Å². The van der Waals surface area contributed by atoms with E-state index in [1.54, 1.807) is 0 Å². The van der Waals surface area contributed by atoms with Crippen molar-refractivity contribution in [1.29, 1.82) is 0 Å². The lowest BCUT2D eigenvalue weighted by molar-refractivity contribution is -0.123. The zero-order valence-electron chi connectivity index (χ0n) is 15.9. The van der Waals surface area contributed by atoms with E-state index in [9.17, 15) is 4.79 Å². The molecule has 2 saturated carbocycles. The standard InChI is InChI=1S/C23H28O2Si/c1-23(2,3)26(19-10-6-4-7-11-19,20-12-8-5-9-13-20)25-22-16-17-14-18(22)15-21(17)24/h4-13,17-18,22H,14-16H2,1-3H3/t17-,18-,22+/m1/s1. The molecule has 26 heavy (non-hydrogen) atoms. The van der Waals surface area contributed by atoms with Crippen LogP contribution in [-0.4, -0.2) is 20.2 Å².